The summed E-state index contributed by atoms with van der Waals surface area (Å²) in [7, 11) is 2.19. The van der Waals surface area contributed by atoms with Gasteiger partial charge in [-0.2, -0.15) is 0 Å². The first-order valence-electron chi connectivity index (χ1n) is 6.92. The fraction of sp³-hybridized carbons (Fsp3) is 0.733. The molecule has 104 valence electrons. The van der Waals surface area contributed by atoms with Crippen molar-refractivity contribution < 1.29 is 4.42 Å². The van der Waals surface area contributed by atoms with Gasteiger partial charge in [-0.3, -0.25) is 4.90 Å². The third-order valence-electron chi connectivity index (χ3n) is 3.46. The molecule has 0 saturated heterocycles. The van der Waals surface area contributed by atoms with Crippen LogP contribution < -0.4 is 0 Å². The van der Waals surface area contributed by atoms with Crippen molar-refractivity contribution in [3.8, 4) is 0 Å². The number of nitrogens with zero attached hydrogens (tertiary/aromatic N) is 1. The molecule has 1 aromatic heterocycles. The van der Waals surface area contributed by atoms with Crippen molar-refractivity contribution in [3.63, 3.8) is 0 Å². The summed E-state index contributed by atoms with van der Waals surface area (Å²) in [6.07, 6.45) is 6.82. The highest BCUT2D eigenvalue weighted by Crippen LogP contribution is 2.33. The maximum absolute atomic E-state index is 5.42. The fourth-order valence-corrected chi connectivity index (χ4v) is 3.55. The predicted octanol–water partition coefficient (Wildman–Crippen LogP) is 4.69. The van der Waals surface area contributed by atoms with E-state index in [1.54, 1.807) is 6.26 Å². The largest absolute Gasteiger partial charge is 0.468 e. The van der Waals surface area contributed by atoms with E-state index in [0.717, 1.165) is 24.2 Å². The minimum absolute atomic E-state index is 0.408. The fourth-order valence-electron chi connectivity index (χ4n) is 2.82. The molecule has 1 rings (SSSR count). The van der Waals surface area contributed by atoms with Gasteiger partial charge in [-0.25, -0.2) is 0 Å². The average Bonchev–Trinajstić information content (AvgIpc) is 2.82. The van der Waals surface area contributed by atoms with E-state index in [-0.39, 0.29) is 0 Å². The van der Waals surface area contributed by atoms with E-state index in [1.165, 1.54) is 25.7 Å². The molecule has 1 heterocycles. The minimum atomic E-state index is 0.408. The molecule has 3 heteroatoms. The average molecular weight is 316 g/mol. The molecule has 2 nitrogen and oxygen atoms in total. The van der Waals surface area contributed by atoms with E-state index >= 15 is 0 Å². The number of furan rings is 1. The second-order valence-corrected chi connectivity index (χ2v) is 5.95. The Balaban J connectivity index is 2.58. The summed E-state index contributed by atoms with van der Waals surface area (Å²) >= 11 is 3.73. The van der Waals surface area contributed by atoms with Gasteiger partial charge in [-0.1, -0.05) is 42.6 Å². The van der Waals surface area contributed by atoms with Gasteiger partial charge in [0, 0.05) is 11.9 Å². The predicted molar refractivity (Wildman–Crippen MR) is 81.1 cm³/mol. The Hall–Kier alpha value is -0.280. The van der Waals surface area contributed by atoms with Gasteiger partial charge in [0.1, 0.15) is 5.76 Å². The van der Waals surface area contributed by atoms with Crippen LogP contribution in [0, 0.1) is 5.41 Å². The minimum Gasteiger partial charge on any atom is -0.468 e. The zero-order valence-corrected chi connectivity index (χ0v) is 13.5. The van der Waals surface area contributed by atoms with Crippen LogP contribution in [0.15, 0.2) is 22.8 Å². The number of hydrogen-bond acceptors (Lipinski definition) is 2. The van der Waals surface area contributed by atoms with E-state index in [2.05, 4.69) is 41.7 Å². The highest BCUT2D eigenvalue weighted by atomic mass is 79.9. The molecular weight excluding hydrogens is 290 g/mol. The summed E-state index contributed by atoms with van der Waals surface area (Å²) in [5.74, 6) is 1.05. The second kappa shape index (κ2) is 8.00. The third-order valence-corrected chi connectivity index (χ3v) is 4.64. The Morgan fingerprint density at radius 3 is 2.39 bits per heavy atom. The molecule has 0 amide bonds. The van der Waals surface area contributed by atoms with E-state index in [1.807, 2.05) is 12.1 Å². The normalized spacial score (nSPS) is 12.3. The zero-order valence-electron chi connectivity index (χ0n) is 11.9. The first-order valence-corrected chi connectivity index (χ1v) is 8.05. The standard InChI is InChI=1S/C15H26BrNO/c1-4-8-15(12-16,9-5-2)13-17(3)11-14-7-6-10-18-14/h6-7,10H,4-5,8-9,11-13H2,1-3H3. The van der Waals surface area contributed by atoms with Crippen LogP contribution in [0.2, 0.25) is 0 Å². The van der Waals surface area contributed by atoms with Crippen molar-refractivity contribution in [1.82, 2.24) is 4.90 Å². The summed E-state index contributed by atoms with van der Waals surface area (Å²) < 4.78 is 5.42. The van der Waals surface area contributed by atoms with Gasteiger partial charge in [0.15, 0.2) is 0 Å². The van der Waals surface area contributed by atoms with Crippen LogP contribution in [0.1, 0.15) is 45.3 Å². The summed E-state index contributed by atoms with van der Waals surface area (Å²) in [6, 6.07) is 4.00. The van der Waals surface area contributed by atoms with Gasteiger partial charge in [-0.15, -0.1) is 0 Å². The van der Waals surface area contributed by atoms with Crippen LogP contribution >= 0.6 is 15.9 Å². The summed E-state index contributed by atoms with van der Waals surface area (Å²) in [5.41, 5.74) is 0.408. The molecule has 0 aliphatic heterocycles. The maximum Gasteiger partial charge on any atom is 0.117 e. The molecule has 0 spiro atoms. The van der Waals surface area contributed by atoms with Crippen LogP contribution in [-0.4, -0.2) is 23.8 Å². The molecule has 0 aliphatic carbocycles. The smallest absolute Gasteiger partial charge is 0.117 e. The lowest BCUT2D eigenvalue weighted by Crippen LogP contribution is -2.36. The Morgan fingerprint density at radius 2 is 1.94 bits per heavy atom. The molecule has 18 heavy (non-hydrogen) atoms. The summed E-state index contributed by atoms with van der Waals surface area (Å²) in [5, 5.41) is 1.09. The van der Waals surface area contributed by atoms with Gasteiger partial charge in [0.05, 0.1) is 12.8 Å². The Bertz CT molecular complexity index is 304. The molecule has 0 saturated carbocycles. The molecule has 0 fully saturated rings. The van der Waals surface area contributed by atoms with Crippen molar-refractivity contribution in [1.29, 1.82) is 0 Å². The number of halogens is 1. The van der Waals surface area contributed by atoms with E-state index in [4.69, 9.17) is 4.42 Å². The first-order chi connectivity index (χ1) is 8.65. The lowest BCUT2D eigenvalue weighted by molar-refractivity contribution is 0.159. The van der Waals surface area contributed by atoms with Gasteiger partial charge in [0.25, 0.3) is 0 Å². The molecule has 0 bridgehead atoms. The van der Waals surface area contributed by atoms with E-state index in [0.29, 0.717) is 5.41 Å². The highest BCUT2D eigenvalue weighted by molar-refractivity contribution is 9.09. The monoisotopic (exact) mass is 315 g/mol. The van der Waals surface area contributed by atoms with Gasteiger partial charge >= 0.3 is 0 Å². The van der Waals surface area contributed by atoms with Gasteiger partial charge < -0.3 is 4.42 Å². The molecule has 0 radical (unpaired) electrons. The summed E-state index contributed by atoms with van der Waals surface area (Å²) in [6.45, 7) is 6.58. The van der Waals surface area contributed by atoms with E-state index < -0.39 is 0 Å². The quantitative estimate of drug-likeness (QED) is 0.614. The first kappa shape index (κ1) is 15.8. The van der Waals surface area contributed by atoms with Crippen molar-refractivity contribution in [3.05, 3.63) is 24.2 Å². The van der Waals surface area contributed by atoms with Crippen LogP contribution in [0.3, 0.4) is 0 Å². The highest BCUT2D eigenvalue weighted by Gasteiger charge is 2.28. The molecule has 0 aromatic carbocycles. The molecule has 0 atom stereocenters. The van der Waals surface area contributed by atoms with Crippen molar-refractivity contribution >= 4 is 15.9 Å². The Labute approximate surface area is 120 Å². The van der Waals surface area contributed by atoms with Crippen LogP contribution in [0.25, 0.3) is 0 Å². The molecule has 1 aromatic rings. The molecule has 0 N–H and O–H groups in total. The van der Waals surface area contributed by atoms with Gasteiger partial charge in [-0.05, 0) is 37.4 Å². The zero-order chi connectivity index (χ0) is 13.4. The molecular formula is C15H26BrNO. The molecule has 0 aliphatic rings. The lowest BCUT2D eigenvalue weighted by atomic mass is 9.81. The SMILES string of the molecule is CCCC(CBr)(CCC)CN(C)Cc1ccco1. The third kappa shape index (κ3) is 4.77. The Kier molecular flexibility index (Phi) is 7.02. The second-order valence-electron chi connectivity index (χ2n) is 5.39. The lowest BCUT2D eigenvalue weighted by Gasteiger charge is -2.35. The van der Waals surface area contributed by atoms with Crippen molar-refractivity contribution in [2.75, 3.05) is 18.9 Å². The van der Waals surface area contributed by atoms with Crippen LogP contribution in [0.5, 0.6) is 0 Å². The van der Waals surface area contributed by atoms with Crippen molar-refractivity contribution in [2.24, 2.45) is 5.41 Å². The maximum atomic E-state index is 5.42. The number of alkyl halides is 1. The van der Waals surface area contributed by atoms with E-state index in [9.17, 15) is 0 Å². The Morgan fingerprint density at radius 1 is 1.28 bits per heavy atom. The molecule has 0 unspecified atom stereocenters. The topological polar surface area (TPSA) is 16.4 Å². The van der Waals surface area contributed by atoms with Crippen LogP contribution in [0.4, 0.5) is 0 Å². The van der Waals surface area contributed by atoms with Crippen LogP contribution in [-0.2, 0) is 6.54 Å². The van der Waals surface area contributed by atoms with Crippen molar-refractivity contribution in [2.45, 2.75) is 46.1 Å². The number of hydrogen-bond donors (Lipinski definition) is 0. The number of rotatable bonds is 9. The van der Waals surface area contributed by atoms with Gasteiger partial charge in [0.2, 0.25) is 0 Å². The summed E-state index contributed by atoms with van der Waals surface area (Å²) in [4.78, 5) is 2.38.